The molecular weight excluding hydrogens is 322 g/mol. The quantitative estimate of drug-likeness (QED) is 0.777. The molecule has 6 heteroatoms. The molecule has 0 saturated carbocycles. The number of rotatable bonds is 2. The zero-order chi connectivity index (χ0) is 17.9. The van der Waals surface area contributed by atoms with Crippen LogP contribution in [0.25, 0.3) is 11.1 Å². The monoisotopic (exact) mass is 343 g/mol. The molecule has 2 aromatic rings. The minimum absolute atomic E-state index is 0.00513. The lowest BCUT2D eigenvalue weighted by molar-refractivity contribution is 0.226. The first-order valence-corrected chi connectivity index (χ1v) is 8.23. The summed E-state index contributed by atoms with van der Waals surface area (Å²) >= 11 is 0. The number of benzene rings is 2. The number of hydrogen-bond donors (Lipinski definition) is 3. The van der Waals surface area contributed by atoms with Crippen LogP contribution in [0.15, 0.2) is 12.1 Å². The van der Waals surface area contributed by atoms with Crippen LogP contribution in [0.2, 0.25) is 0 Å². The van der Waals surface area contributed by atoms with Crippen molar-refractivity contribution in [2.75, 3.05) is 27.8 Å². The van der Waals surface area contributed by atoms with Crippen LogP contribution in [0.5, 0.6) is 28.7 Å². The number of fused-ring (bicyclic) bond motifs is 2. The zero-order valence-corrected chi connectivity index (χ0v) is 14.5. The second kappa shape index (κ2) is 5.46. The molecule has 0 spiro atoms. The zero-order valence-electron chi connectivity index (χ0n) is 14.5. The molecule has 0 radical (unpaired) electrons. The van der Waals surface area contributed by atoms with Gasteiger partial charge in [-0.1, -0.05) is 0 Å². The number of hydrogen-bond acceptors (Lipinski definition) is 6. The first-order valence-electron chi connectivity index (χ1n) is 8.23. The van der Waals surface area contributed by atoms with Gasteiger partial charge in [-0.2, -0.15) is 0 Å². The van der Waals surface area contributed by atoms with Crippen LogP contribution < -0.4 is 9.47 Å². The lowest BCUT2D eigenvalue weighted by Crippen LogP contribution is -2.35. The van der Waals surface area contributed by atoms with Gasteiger partial charge in [-0.15, -0.1) is 0 Å². The maximum Gasteiger partial charge on any atom is 0.203 e. The second-order valence-corrected chi connectivity index (χ2v) is 6.64. The van der Waals surface area contributed by atoms with Gasteiger partial charge < -0.3 is 24.8 Å². The molecule has 1 aliphatic heterocycles. The fourth-order valence-corrected chi connectivity index (χ4v) is 4.18. The van der Waals surface area contributed by atoms with Crippen molar-refractivity contribution in [3.63, 3.8) is 0 Å². The van der Waals surface area contributed by atoms with Crippen molar-refractivity contribution in [1.82, 2.24) is 4.90 Å². The summed E-state index contributed by atoms with van der Waals surface area (Å²) < 4.78 is 10.5. The minimum atomic E-state index is -0.157. The summed E-state index contributed by atoms with van der Waals surface area (Å²) in [4.78, 5) is 2.24. The summed E-state index contributed by atoms with van der Waals surface area (Å²) in [6.07, 6.45) is 1.49. The largest absolute Gasteiger partial charge is 0.504 e. The minimum Gasteiger partial charge on any atom is -0.504 e. The molecular formula is C19H21NO5. The van der Waals surface area contributed by atoms with E-state index in [1.54, 1.807) is 6.07 Å². The number of ether oxygens (including phenoxy) is 2. The topological polar surface area (TPSA) is 82.4 Å². The van der Waals surface area contributed by atoms with Crippen LogP contribution in [0.1, 0.15) is 22.7 Å². The normalized spacial score (nSPS) is 18.4. The van der Waals surface area contributed by atoms with Gasteiger partial charge in [0.05, 0.1) is 14.2 Å². The molecule has 3 N–H and O–H groups in total. The van der Waals surface area contributed by atoms with Gasteiger partial charge in [0.15, 0.2) is 23.0 Å². The fourth-order valence-electron chi connectivity index (χ4n) is 4.18. The molecule has 0 amide bonds. The molecule has 0 unspecified atom stereocenters. The molecule has 132 valence electrons. The third-order valence-electron chi connectivity index (χ3n) is 5.39. The predicted molar refractivity (Wildman–Crippen MR) is 92.8 cm³/mol. The van der Waals surface area contributed by atoms with Crippen molar-refractivity contribution in [3.05, 3.63) is 28.8 Å². The van der Waals surface area contributed by atoms with Crippen LogP contribution >= 0.6 is 0 Å². The third kappa shape index (κ3) is 2.07. The standard InChI is InChI=1S/C19H21NO5/c1-20-5-4-9-8-13(24-2)17(22)16-14(9)11(20)6-10-7-12(21)19(25-3)18(23)15(10)16/h7-8,11,21-23H,4-6H2,1-3H3/t11-/m1/s1. The van der Waals surface area contributed by atoms with E-state index in [2.05, 4.69) is 4.90 Å². The van der Waals surface area contributed by atoms with E-state index >= 15 is 0 Å². The first kappa shape index (κ1) is 15.9. The summed E-state index contributed by atoms with van der Waals surface area (Å²) in [5.74, 6) is 0.137. The van der Waals surface area contributed by atoms with Crippen LogP contribution in [0, 0.1) is 0 Å². The van der Waals surface area contributed by atoms with E-state index in [-0.39, 0.29) is 29.0 Å². The van der Waals surface area contributed by atoms with Crippen LogP contribution in [-0.4, -0.2) is 48.0 Å². The Morgan fingerprint density at radius 2 is 1.76 bits per heavy atom. The van der Waals surface area contributed by atoms with Crippen LogP contribution in [-0.2, 0) is 12.8 Å². The summed E-state index contributed by atoms with van der Waals surface area (Å²) in [7, 11) is 4.95. The molecule has 2 aliphatic rings. The van der Waals surface area contributed by atoms with Gasteiger partial charge in [0.25, 0.3) is 0 Å². The average molecular weight is 343 g/mol. The molecule has 2 aromatic carbocycles. The van der Waals surface area contributed by atoms with Crippen molar-refractivity contribution < 1.29 is 24.8 Å². The molecule has 6 nitrogen and oxygen atoms in total. The van der Waals surface area contributed by atoms with Crippen molar-refractivity contribution in [3.8, 4) is 39.9 Å². The average Bonchev–Trinajstić information content (AvgIpc) is 2.59. The smallest absolute Gasteiger partial charge is 0.203 e. The van der Waals surface area contributed by atoms with Crippen molar-refractivity contribution in [1.29, 1.82) is 0 Å². The number of methoxy groups -OCH3 is 2. The lowest BCUT2D eigenvalue weighted by atomic mass is 9.76. The van der Waals surface area contributed by atoms with Crippen LogP contribution in [0.3, 0.4) is 0 Å². The van der Waals surface area contributed by atoms with Gasteiger partial charge >= 0.3 is 0 Å². The number of likely N-dealkylation sites (N-methyl/N-ethyl adjacent to an activating group) is 1. The van der Waals surface area contributed by atoms with E-state index in [4.69, 9.17) is 9.47 Å². The van der Waals surface area contributed by atoms with Crippen LogP contribution in [0.4, 0.5) is 0 Å². The third-order valence-corrected chi connectivity index (χ3v) is 5.39. The highest BCUT2D eigenvalue weighted by Gasteiger charge is 2.38. The molecule has 1 atom stereocenters. The fraction of sp³-hybridized carbons (Fsp3) is 0.368. The summed E-state index contributed by atoms with van der Waals surface area (Å²) in [5, 5.41) is 31.7. The highest BCUT2D eigenvalue weighted by atomic mass is 16.5. The van der Waals surface area contributed by atoms with E-state index < -0.39 is 0 Å². The number of phenols is 3. The Kier molecular flexibility index (Phi) is 3.47. The first-order chi connectivity index (χ1) is 12.0. The summed E-state index contributed by atoms with van der Waals surface area (Å²) in [5.41, 5.74) is 3.99. The Morgan fingerprint density at radius 1 is 1.00 bits per heavy atom. The van der Waals surface area contributed by atoms with Gasteiger partial charge in [-0.25, -0.2) is 0 Å². The Bertz CT molecular complexity index is 877. The summed E-state index contributed by atoms with van der Waals surface area (Å²) in [6, 6.07) is 3.57. The molecule has 0 aromatic heterocycles. The number of phenolic OH excluding ortho intramolecular Hbond substituents is 3. The van der Waals surface area contributed by atoms with E-state index in [0.717, 1.165) is 29.7 Å². The van der Waals surface area contributed by atoms with E-state index in [1.807, 2.05) is 13.1 Å². The van der Waals surface area contributed by atoms with E-state index in [0.29, 0.717) is 23.3 Å². The molecule has 0 saturated heterocycles. The molecule has 0 fully saturated rings. The Labute approximate surface area is 145 Å². The van der Waals surface area contributed by atoms with Crippen molar-refractivity contribution >= 4 is 0 Å². The van der Waals surface area contributed by atoms with E-state index in [1.165, 1.54) is 14.2 Å². The van der Waals surface area contributed by atoms with E-state index in [9.17, 15) is 15.3 Å². The molecule has 25 heavy (non-hydrogen) atoms. The van der Waals surface area contributed by atoms with Gasteiger partial charge in [0, 0.05) is 23.7 Å². The number of nitrogens with zero attached hydrogens (tertiary/aromatic N) is 1. The Morgan fingerprint density at radius 3 is 2.44 bits per heavy atom. The summed E-state index contributed by atoms with van der Waals surface area (Å²) in [6.45, 7) is 0.897. The highest BCUT2D eigenvalue weighted by Crippen LogP contribution is 2.57. The highest BCUT2D eigenvalue weighted by molar-refractivity contribution is 5.89. The lowest BCUT2D eigenvalue weighted by Gasteiger charge is -2.40. The Hall–Kier alpha value is -2.60. The molecule has 0 bridgehead atoms. The number of aromatic hydroxyl groups is 3. The Balaban J connectivity index is 2.11. The van der Waals surface area contributed by atoms with Crippen molar-refractivity contribution in [2.24, 2.45) is 0 Å². The SMILES string of the molecule is COc1cc2c3c(c1O)-c1c(cc(O)c(OC)c1O)C[C@H]3N(C)CC2. The van der Waals surface area contributed by atoms with Crippen molar-refractivity contribution in [2.45, 2.75) is 18.9 Å². The van der Waals surface area contributed by atoms with Gasteiger partial charge in [0.2, 0.25) is 5.75 Å². The maximum absolute atomic E-state index is 10.8. The molecule has 1 aliphatic carbocycles. The molecule has 4 rings (SSSR count). The van der Waals surface area contributed by atoms with Gasteiger partial charge in [-0.3, -0.25) is 4.90 Å². The second-order valence-electron chi connectivity index (χ2n) is 6.64. The molecule has 1 heterocycles. The predicted octanol–water partition coefficient (Wildman–Crippen LogP) is 2.57. The van der Waals surface area contributed by atoms with Gasteiger partial charge in [-0.05, 0) is 48.7 Å². The maximum atomic E-state index is 10.8. The van der Waals surface area contributed by atoms with Gasteiger partial charge in [0.1, 0.15) is 0 Å².